The van der Waals surface area contributed by atoms with Crippen molar-refractivity contribution >= 4 is 11.8 Å². The fourth-order valence-electron chi connectivity index (χ4n) is 2.90. The summed E-state index contributed by atoms with van der Waals surface area (Å²) in [6.07, 6.45) is 0.242. The van der Waals surface area contributed by atoms with Gasteiger partial charge in [-0.05, 0) is 30.2 Å². The van der Waals surface area contributed by atoms with Crippen LogP contribution in [0.25, 0.3) is 0 Å². The Labute approximate surface area is 147 Å². The van der Waals surface area contributed by atoms with E-state index in [4.69, 9.17) is 0 Å². The lowest BCUT2D eigenvalue weighted by atomic mass is 10.1. The average molecular weight is 338 g/mol. The highest BCUT2D eigenvalue weighted by Crippen LogP contribution is 2.14. The van der Waals surface area contributed by atoms with Crippen LogP contribution in [-0.2, 0) is 22.6 Å². The van der Waals surface area contributed by atoms with Crippen LogP contribution in [0.2, 0.25) is 0 Å². The smallest absolute Gasteiger partial charge is 0.242 e. The zero-order valence-electron chi connectivity index (χ0n) is 14.3. The second-order valence-electron chi connectivity index (χ2n) is 6.46. The summed E-state index contributed by atoms with van der Waals surface area (Å²) in [6, 6.07) is 14.7. The topological polar surface area (TPSA) is 60.9 Å². The number of hydrogen-bond donors (Lipinski definition) is 1. The summed E-state index contributed by atoms with van der Waals surface area (Å²) in [6.45, 7) is 3.85. The monoisotopic (exact) mass is 338 g/mol. The Morgan fingerprint density at radius 1 is 1.00 bits per heavy atom. The fraction of sp³-hybridized carbons (Fsp3) is 0.300. The number of phenolic OH excluding ortho intramolecular Hbond substituents is 1. The van der Waals surface area contributed by atoms with Gasteiger partial charge >= 0.3 is 0 Å². The largest absolute Gasteiger partial charge is 0.508 e. The van der Waals surface area contributed by atoms with Gasteiger partial charge in [0.2, 0.25) is 11.8 Å². The number of benzene rings is 2. The molecule has 3 rings (SSSR count). The maximum absolute atomic E-state index is 12.4. The molecule has 0 spiro atoms. The molecule has 0 radical (unpaired) electrons. The maximum Gasteiger partial charge on any atom is 0.242 e. The van der Waals surface area contributed by atoms with Crippen molar-refractivity contribution in [1.29, 1.82) is 0 Å². The average Bonchev–Trinajstić information content (AvgIpc) is 2.60. The minimum absolute atomic E-state index is 0.0223. The van der Waals surface area contributed by atoms with Crippen LogP contribution in [0.15, 0.2) is 48.5 Å². The van der Waals surface area contributed by atoms with Crippen LogP contribution in [0.3, 0.4) is 0 Å². The van der Waals surface area contributed by atoms with E-state index in [-0.39, 0.29) is 30.5 Å². The van der Waals surface area contributed by atoms with Crippen LogP contribution in [0, 0.1) is 6.92 Å². The van der Waals surface area contributed by atoms with E-state index in [2.05, 4.69) is 0 Å². The lowest BCUT2D eigenvalue weighted by Gasteiger charge is -2.34. The standard InChI is InChI=1S/C20H22N2O3/c1-15-2-4-17(5-3-15)13-21-10-11-22(14-20(21)25)19(24)12-16-6-8-18(23)9-7-16/h2-9,23H,10-14H2,1H3. The number of carbonyl (C=O) groups excluding carboxylic acids is 2. The Kier molecular flexibility index (Phi) is 5.03. The summed E-state index contributed by atoms with van der Waals surface area (Å²) in [5.41, 5.74) is 3.12. The molecular weight excluding hydrogens is 316 g/mol. The molecule has 2 aromatic carbocycles. The Morgan fingerprint density at radius 3 is 2.28 bits per heavy atom. The van der Waals surface area contributed by atoms with E-state index in [0.29, 0.717) is 19.6 Å². The van der Waals surface area contributed by atoms with Crippen molar-refractivity contribution in [2.24, 2.45) is 0 Å². The van der Waals surface area contributed by atoms with Crippen molar-refractivity contribution in [3.8, 4) is 5.75 Å². The molecule has 1 heterocycles. The second-order valence-corrected chi connectivity index (χ2v) is 6.46. The summed E-state index contributed by atoms with van der Waals surface area (Å²) in [5.74, 6) is 0.0935. The molecule has 2 amide bonds. The number of piperazine rings is 1. The van der Waals surface area contributed by atoms with Gasteiger partial charge in [0.15, 0.2) is 0 Å². The third-order valence-corrected chi connectivity index (χ3v) is 4.46. The van der Waals surface area contributed by atoms with Crippen molar-refractivity contribution in [2.75, 3.05) is 19.6 Å². The van der Waals surface area contributed by atoms with E-state index >= 15 is 0 Å². The molecule has 2 aromatic rings. The van der Waals surface area contributed by atoms with Gasteiger partial charge in [0, 0.05) is 19.6 Å². The molecule has 1 aliphatic rings. The molecule has 1 fully saturated rings. The van der Waals surface area contributed by atoms with Gasteiger partial charge in [-0.15, -0.1) is 0 Å². The van der Waals surface area contributed by atoms with Crippen LogP contribution in [-0.4, -0.2) is 46.4 Å². The molecule has 1 aliphatic heterocycles. The highest BCUT2D eigenvalue weighted by molar-refractivity contribution is 5.87. The molecule has 0 saturated carbocycles. The highest BCUT2D eigenvalue weighted by Gasteiger charge is 2.27. The van der Waals surface area contributed by atoms with Crippen LogP contribution in [0.5, 0.6) is 5.75 Å². The van der Waals surface area contributed by atoms with E-state index < -0.39 is 0 Å². The molecule has 5 heteroatoms. The first-order valence-corrected chi connectivity index (χ1v) is 8.40. The first kappa shape index (κ1) is 17.0. The van der Waals surface area contributed by atoms with Crippen LogP contribution < -0.4 is 0 Å². The molecular formula is C20H22N2O3. The van der Waals surface area contributed by atoms with E-state index in [1.807, 2.05) is 31.2 Å². The van der Waals surface area contributed by atoms with E-state index in [0.717, 1.165) is 11.1 Å². The van der Waals surface area contributed by atoms with Gasteiger partial charge in [0.25, 0.3) is 0 Å². The number of nitrogens with zero attached hydrogens (tertiary/aromatic N) is 2. The molecule has 0 bridgehead atoms. The summed E-state index contributed by atoms with van der Waals surface area (Å²) in [5, 5.41) is 9.29. The Balaban J connectivity index is 1.55. The predicted molar refractivity (Wildman–Crippen MR) is 95.0 cm³/mol. The Hall–Kier alpha value is -2.82. The van der Waals surface area contributed by atoms with Gasteiger partial charge < -0.3 is 14.9 Å². The molecule has 1 N–H and O–H groups in total. The van der Waals surface area contributed by atoms with Crippen LogP contribution in [0.4, 0.5) is 0 Å². The molecule has 25 heavy (non-hydrogen) atoms. The predicted octanol–water partition coefficient (Wildman–Crippen LogP) is 2.11. The number of carbonyl (C=O) groups is 2. The lowest BCUT2D eigenvalue weighted by molar-refractivity contribution is -0.145. The Bertz CT molecular complexity index is 754. The van der Waals surface area contributed by atoms with Crippen LogP contribution >= 0.6 is 0 Å². The first-order chi connectivity index (χ1) is 12.0. The van der Waals surface area contributed by atoms with Gasteiger partial charge in [-0.1, -0.05) is 42.0 Å². The number of phenols is 1. The highest BCUT2D eigenvalue weighted by atomic mass is 16.3. The SMILES string of the molecule is Cc1ccc(CN2CCN(C(=O)Cc3ccc(O)cc3)CC2=O)cc1. The van der Waals surface area contributed by atoms with Gasteiger partial charge in [-0.3, -0.25) is 9.59 Å². The van der Waals surface area contributed by atoms with E-state index in [9.17, 15) is 14.7 Å². The van der Waals surface area contributed by atoms with E-state index in [1.165, 1.54) is 5.56 Å². The minimum atomic E-state index is -0.0611. The summed E-state index contributed by atoms with van der Waals surface area (Å²) >= 11 is 0. The first-order valence-electron chi connectivity index (χ1n) is 8.40. The molecule has 0 aromatic heterocycles. The van der Waals surface area contributed by atoms with Gasteiger partial charge in [-0.2, -0.15) is 0 Å². The van der Waals surface area contributed by atoms with Crippen molar-refractivity contribution in [3.05, 3.63) is 65.2 Å². The van der Waals surface area contributed by atoms with Gasteiger partial charge in [0.1, 0.15) is 5.75 Å². The fourth-order valence-corrected chi connectivity index (χ4v) is 2.90. The summed E-state index contributed by atoms with van der Waals surface area (Å²) in [7, 11) is 0. The van der Waals surface area contributed by atoms with Gasteiger partial charge in [0.05, 0.1) is 13.0 Å². The van der Waals surface area contributed by atoms with Gasteiger partial charge in [-0.25, -0.2) is 0 Å². The van der Waals surface area contributed by atoms with E-state index in [1.54, 1.807) is 34.1 Å². The molecule has 0 aliphatic carbocycles. The number of hydrogen-bond acceptors (Lipinski definition) is 3. The molecule has 0 unspecified atom stereocenters. The maximum atomic E-state index is 12.4. The summed E-state index contributed by atoms with van der Waals surface area (Å²) in [4.78, 5) is 28.2. The zero-order chi connectivity index (χ0) is 17.8. The molecule has 130 valence electrons. The van der Waals surface area contributed by atoms with Crippen molar-refractivity contribution in [1.82, 2.24) is 9.80 Å². The molecule has 1 saturated heterocycles. The normalized spacial score (nSPS) is 14.7. The van der Waals surface area contributed by atoms with Crippen molar-refractivity contribution in [2.45, 2.75) is 19.9 Å². The van der Waals surface area contributed by atoms with Crippen molar-refractivity contribution < 1.29 is 14.7 Å². The van der Waals surface area contributed by atoms with Crippen LogP contribution in [0.1, 0.15) is 16.7 Å². The second kappa shape index (κ2) is 7.38. The number of rotatable bonds is 4. The summed E-state index contributed by atoms with van der Waals surface area (Å²) < 4.78 is 0. The number of aromatic hydroxyl groups is 1. The number of aryl methyl sites for hydroxylation is 1. The minimum Gasteiger partial charge on any atom is -0.508 e. The third-order valence-electron chi connectivity index (χ3n) is 4.46. The zero-order valence-corrected chi connectivity index (χ0v) is 14.3. The third kappa shape index (κ3) is 4.38. The van der Waals surface area contributed by atoms with Crippen molar-refractivity contribution in [3.63, 3.8) is 0 Å². The quantitative estimate of drug-likeness (QED) is 0.929. The number of amides is 2. The Morgan fingerprint density at radius 2 is 1.64 bits per heavy atom. The molecule has 0 atom stereocenters. The molecule has 5 nitrogen and oxygen atoms in total. The lowest BCUT2D eigenvalue weighted by Crippen LogP contribution is -2.52.